The summed E-state index contributed by atoms with van der Waals surface area (Å²) >= 11 is 0. The van der Waals surface area contributed by atoms with E-state index in [0.29, 0.717) is 6.54 Å². The third-order valence-electron chi connectivity index (χ3n) is 0.801. The van der Waals surface area contributed by atoms with Crippen molar-refractivity contribution in [3.63, 3.8) is 0 Å². The van der Waals surface area contributed by atoms with Crippen molar-refractivity contribution < 1.29 is 4.79 Å². The highest BCUT2D eigenvalue weighted by atomic mass is 16.1. The van der Waals surface area contributed by atoms with Gasteiger partial charge in [0.1, 0.15) is 0 Å². The smallest absolute Gasteiger partial charge is 0.216 e. The van der Waals surface area contributed by atoms with E-state index in [1.54, 1.807) is 6.92 Å². The topological polar surface area (TPSA) is 29.1 Å². The predicted octanol–water partition coefficient (Wildman–Crippen LogP) is 0.536. The Morgan fingerprint density at radius 2 is 2.33 bits per heavy atom. The van der Waals surface area contributed by atoms with Gasteiger partial charge in [0.25, 0.3) is 0 Å². The van der Waals surface area contributed by atoms with Crippen molar-refractivity contribution in [1.29, 1.82) is 0 Å². The molecule has 0 aliphatic heterocycles. The average Bonchev–Trinajstić information content (AvgIpc) is 1.80. The number of rotatable bonds is 2. The molecule has 0 aromatic carbocycles. The van der Waals surface area contributed by atoms with Crippen LogP contribution in [-0.2, 0) is 4.79 Å². The summed E-state index contributed by atoms with van der Waals surface area (Å²) in [6.45, 7) is 3.95. The van der Waals surface area contributed by atoms with Crippen LogP contribution < -0.4 is 5.32 Å². The monoisotopic (exact) mass is 125 g/mol. The molecule has 0 heterocycles. The first-order valence-corrected chi connectivity index (χ1v) is 2.91. The summed E-state index contributed by atoms with van der Waals surface area (Å²) in [7, 11) is 0. The second-order valence-corrected chi connectivity index (χ2v) is 1.66. The summed E-state index contributed by atoms with van der Waals surface area (Å²) < 4.78 is 0. The van der Waals surface area contributed by atoms with Crippen LogP contribution in [0, 0.1) is 11.8 Å². The van der Waals surface area contributed by atoms with E-state index >= 15 is 0 Å². The van der Waals surface area contributed by atoms with Gasteiger partial charge in [-0.25, -0.2) is 0 Å². The minimum atomic E-state index is 0.00732. The summed E-state index contributed by atoms with van der Waals surface area (Å²) in [6.07, 6.45) is 0.746. The average molecular weight is 125 g/mol. The van der Waals surface area contributed by atoms with E-state index < -0.39 is 0 Å². The molecule has 0 radical (unpaired) electrons. The molecule has 0 saturated carbocycles. The fourth-order valence-electron chi connectivity index (χ4n) is 0.426. The maximum Gasteiger partial charge on any atom is 0.216 e. The number of nitrogens with one attached hydrogen (secondary N) is 1. The van der Waals surface area contributed by atoms with Crippen molar-refractivity contribution in [2.45, 2.75) is 20.3 Å². The molecule has 1 amide bonds. The highest BCUT2D eigenvalue weighted by Gasteiger charge is 1.84. The van der Waals surface area contributed by atoms with Gasteiger partial charge in [-0.1, -0.05) is 0 Å². The molecule has 0 spiro atoms. The molecule has 0 saturated heterocycles. The molecule has 0 bridgehead atoms. The Labute approximate surface area is 55.6 Å². The highest BCUT2D eigenvalue weighted by Crippen LogP contribution is 1.70. The van der Waals surface area contributed by atoms with Crippen molar-refractivity contribution in [3.05, 3.63) is 0 Å². The molecular weight excluding hydrogens is 114 g/mol. The van der Waals surface area contributed by atoms with E-state index in [-0.39, 0.29) is 5.91 Å². The lowest BCUT2D eigenvalue weighted by Gasteiger charge is -1.93. The van der Waals surface area contributed by atoms with Crippen LogP contribution >= 0.6 is 0 Å². The van der Waals surface area contributed by atoms with Crippen LogP contribution in [-0.4, -0.2) is 12.5 Å². The summed E-state index contributed by atoms with van der Waals surface area (Å²) in [5, 5.41) is 2.64. The van der Waals surface area contributed by atoms with Crippen molar-refractivity contribution in [2.75, 3.05) is 6.54 Å². The van der Waals surface area contributed by atoms with Gasteiger partial charge in [-0.05, 0) is 6.92 Å². The minimum absolute atomic E-state index is 0.00732. The highest BCUT2D eigenvalue weighted by molar-refractivity contribution is 5.72. The van der Waals surface area contributed by atoms with Crippen molar-refractivity contribution in [3.8, 4) is 11.8 Å². The first kappa shape index (κ1) is 8.03. The molecule has 0 fully saturated rings. The van der Waals surface area contributed by atoms with Gasteiger partial charge in [-0.2, -0.15) is 0 Å². The maximum absolute atomic E-state index is 10.2. The minimum Gasteiger partial charge on any atom is -0.355 e. The normalized spacial score (nSPS) is 7.33. The van der Waals surface area contributed by atoms with Gasteiger partial charge in [0.15, 0.2) is 0 Å². The van der Waals surface area contributed by atoms with Crippen LogP contribution in [0.15, 0.2) is 0 Å². The van der Waals surface area contributed by atoms with E-state index in [2.05, 4.69) is 17.2 Å². The number of amides is 1. The molecule has 50 valence electrons. The van der Waals surface area contributed by atoms with E-state index in [9.17, 15) is 4.79 Å². The Balaban J connectivity index is 3.07. The molecule has 1 N–H and O–H groups in total. The molecule has 0 aromatic heterocycles. The first-order chi connectivity index (χ1) is 4.27. The number of hydrogen-bond acceptors (Lipinski definition) is 1. The van der Waals surface area contributed by atoms with E-state index in [1.807, 2.05) is 0 Å². The lowest BCUT2D eigenvalue weighted by atomic mass is 10.4. The Morgan fingerprint density at radius 1 is 1.67 bits per heavy atom. The number of hydrogen-bond donors (Lipinski definition) is 1. The quantitative estimate of drug-likeness (QED) is 0.423. The van der Waals surface area contributed by atoms with Gasteiger partial charge in [-0.15, -0.1) is 11.8 Å². The van der Waals surface area contributed by atoms with Crippen LogP contribution in [0.5, 0.6) is 0 Å². The fraction of sp³-hybridized carbons (Fsp3) is 0.571. The molecule has 0 atom stereocenters. The summed E-state index contributed by atoms with van der Waals surface area (Å²) in [5.74, 6) is 5.59. The summed E-state index contributed by atoms with van der Waals surface area (Å²) in [4.78, 5) is 10.2. The zero-order valence-corrected chi connectivity index (χ0v) is 5.82. The molecule has 0 aromatic rings. The largest absolute Gasteiger partial charge is 0.355 e. The molecule has 2 nitrogen and oxygen atoms in total. The zero-order chi connectivity index (χ0) is 7.11. The van der Waals surface area contributed by atoms with Crippen LogP contribution in [0.25, 0.3) is 0 Å². The van der Waals surface area contributed by atoms with E-state index in [4.69, 9.17) is 0 Å². The number of carbonyl (C=O) groups excluding carboxylic acids is 1. The van der Waals surface area contributed by atoms with Gasteiger partial charge >= 0.3 is 0 Å². The van der Waals surface area contributed by atoms with Crippen LogP contribution in [0.3, 0.4) is 0 Å². The predicted molar refractivity (Wildman–Crippen MR) is 36.8 cm³/mol. The second-order valence-electron chi connectivity index (χ2n) is 1.66. The summed E-state index contributed by atoms with van der Waals surface area (Å²) in [5.41, 5.74) is 0. The lowest BCUT2D eigenvalue weighted by molar-refractivity contribution is -0.118. The van der Waals surface area contributed by atoms with Crippen molar-refractivity contribution >= 4 is 5.91 Å². The number of carbonyl (C=O) groups is 1. The molecule has 0 rings (SSSR count). The van der Waals surface area contributed by atoms with Crippen molar-refractivity contribution in [1.82, 2.24) is 5.32 Å². The molecule has 0 unspecified atom stereocenters. The zero-order valence-electron chi connectivity index (χ0n) is 5.82. The van der Waals surface area contributed by atoms with E-state index in [0.717, 1.165) is 6.42 Å². The maximum atomic E-state index is 10.2. The van der Waals surface area contributed by atoms with Gasteiger partial charge in [0.2, 0.25) is 5.91 Å². The van der Waals surface area contributed by atoms with Crippen LogP contribution in [0.1, 0.15) is 20.3 Å². The van der Waals surface area contributed by atoms with E-state index in [1.165, 1.54) is 6.92 Å². The fourth-order valence-corrected chi connectivity index (χ4v) is 0.426. The van der Waals surface area contributed by atoms with Crippen LogP contribution in [0.4, 0.5) is 0 Å². The van der Waals surface area contributed by atoms with Gasteiger partial charge in [-0.3, -0.25) is 4.79 Å². The molecular formula is C7H11NO. The van der Waals surface area contributed by atoms with Crippen molar-refractivity contribution in [2.24, 2.45) is 0 Å². The molecule has 2 heteroatoms. The third-order valence-corrected chi connectivity index (χ3v) is 0.801. The Morgan fingerprint density at radius 3 is 2.78 bits per heavy atom. The standard InChI is InChI=1S/C7H11NO/c1-3-4-5-6-8-7(2)9/h5-6H2,1-2H3,(H,8,9). The molecule has 0 aliphatic carbocycles. The second kappa shape index (κ2) is 5.17. The molecule has 9 heavy (non-hydrogen) atoms. The van der Waals surface area contributed by atoms with Gasteiger partial charge in [0, 0.05) is 19.9 Å². The van der Waals surface area contributed by atoms with Gasteiger partial charge in [0.05, 0.1) is 0 Å². The third kappa shape index (κ3) is 7.03. The lowest BCUT2D eigenvalue weighted by Crippen LogP contribution is -2.20. The van der Waals surface area contributed by atoms with Gasteiger partial charge < -0.3 is 5.32 Å². The Bertz CT molecular complexity index is 141. The summed E-state index contributed by atoms with van der Waals surface area (Å²) in [6, 6.07) is 0. The Kier molecular flexibility index (Phi) is 4.61. The molecule has 0 aliphatic rings. The Hall–Kier alpha value is -0.970. The SMILES string of the molecule is CC#CCCNC(C)=O. The van der Waals surface area contributed by atoms with Crippen LogP contribution in [0.2, 0.25) is 0 Å². The first-order valence-electron chi connectivity index (χ1n) is 2.91.